The Labute approximate surface area is 213 Å². The number of sulfonamides is 1. The molecule has 0 aliphatic rings. The molecule has 3 aromatic carbocycles. The summed E-state index contributed by atoms with van der Waals surface area (Å²) in [5, 5.41) is 2.93. The highest BCUT2D eigenvalue weighted by molar-refractivity contribution is 7.92. The van der Waals surface area contributed by atoms with E-state index in [1.54, 1.807) is 24.3 Å². The number of nitrogens with zero attached hydrogens (tertiary/aromatic N) is 1. The van der Waals surface area contributed by atoms with Gasteiger partial charge in [-0.25, -0.2) is 13.4 Å². The molecular formula is C26H23N3O5S2. The summed E-state index contributed by atoms with van der Waals surface area (Å²) in [6, 6.07) is 21.4. The fourth-order valence-corrected chi connectivity index (χ4v) is 5.38. The van der Waals surface area contributed by atoms with Gasteiger partial charge in [-0.15, -0.1) is 0 Å². The Balaban J connectivity index is 1.59. The highest BCUT2D eigenvalue weighted by atomic mass is 32.2. The van der Waals surface area contributed by atoms with Gasteiger partial charge in [0.25, 0.3) is 15.9 Å². The summed E-state index contributed by atoms with van der Waals surface area (Å²) in [7, 11) is -3.97. The van der Waals surface area contributed by atoms with Crippen molar-refractivity contribution in [2.45, 2.75) is 18.7 Å². The molecule has 0 atom stereocenters. The lowest BCUT2D eigenvalue weighted by Gasteiger charge is -2.12. The third-order valence-electron chi connectivity index (χ3n) is 5.08. The van der Waals surface area contributed by atoms with Crippen LogP contribution in [-0.2, 0) is 10.0 Å². The van der Waals surface area contributed by atoms with Gasteiger partial charge in [-0.05, 0) is 43.3 Å². The number of hydrogen-bond donors (Lipinski definition) is 2. The van der Waals surface area contributed by atoms with E-state index in [-0.39, 0.29) is 27.1 Å². The zero-order valence-electron chi connectivity index (χ0n) is 19.5. The molecule has 4 rings (SSSR count). The van der Waals surface area contributed by atoms with Crippen molar-refractivity contribution in [3.8, 4) is 17.0 Å². The van der Waals surface area contributed by atoms with Crippen molar-refractivity contribution in [1.82, 2.24) is 4.98 Å². The van der Waals surface area contributed by atoms with E-state index in [1.165, 1.54) is 31.2 Å². The van der Waals surface area contributed by atoms with Crippen molar-refractivity contribution in [3.05, 3.63) is 89.3 Å². The topological polar surface area (TPSA) is 114 Å². The Morgan fingerprint density at radius 2 is 1.61 bits per heavy atom. The molecule has 10 heteroatoms. The number of ketones is 1. The average molecular weight is 522 g/mol. The zero-order chi connectivity index (χ0) is 25.7. The average Bonchev–Trinajstić information content (AvgIpc) is 3.29. The van der Waals surface area contributed by atoms with Crippen LogP contribution in [-0.4, -0.2) is 31.7 Å². The van der Waals surface area contributed by atoms with Crippen LogP contribution in [0.5, 0.6) is 5.75 Å². The van der Waals surface area contributed by atoms with Crippen molar-refractivity contribution in [2.24, 2.45) is 0 Å². The molecule has 184 valence electrons. The molecule has 2 N–H and O–H groups in total. The van der Waals surface area contributed by atoms with Crippen molar-refractivity contribution in [1.29, 1.82) is 0 Å². The van der Waals surface area contributed by atoms with Gasteiger partial charge in [0.05, 0.1) is 33.3 Å². The molecule has 0 saturated carbocycles. The van der Waals surface area contributed by atoms with Gasteiger partial charge < -0.3 is 4.74 Å². The number of rotatable bonds is 9. The first-order valence-corrected chi connectivity index (χ1v) is 13.3. The van der Waals surface area contributed by atoms with Crippen LogP contribution in [0.25, 0.3) is 11.3 Å². The van der Waals surface area contributed by atoms with Gasteiger partial charge in [0.2, 0.25) is 0 Å². The zero-order valence-corrected chi connectivity index (χ0v) is 21.2. The molecule has 1 amide bonds. The van der Waals surface area contributed by atoms with E-state index < -0.39 is 15.9 Å². The monoisotopic (exact) mass is 521 g/mol. The molecule has 0 unspecified atom stereocenters. The highest BCUT2D eigenvalue weighted by Gasteiger charge is 2.21. The fraction of sp³-hybridized carbons (Fsp3) is 0.115. The summed E-state index contributed by atoms with van der Waals surface area (Å²) in [5.41, 5.74) is 1.44. The van der Waals surface area contributed by atoms with Crippen molar-refractivity contribution in [2.75, 3.05) is 16.6 Å². The fourth-order valence-electron chi connectivity index (χ4n) is 3.42. The predicted octanol–water partition coefficient (Wildman–Crippen LogP) is 5.46. The summed E-state index contributed by atoms with van der Waals surface area (Å²) in [5.74, 6) is -0.182. The summed E-state index contributed by atoms with van der Waals surface area (Å²) in [4.78, 5) is 30.2. The number of carbonyl (C=O) groups excluding carboxylic acids is 2. The number of anilines is 2. The first-order valence-electron chi connectivity index (χ1n) is 11.0. The Hall–Kier alpha value is -4.02. The predicted molar refractivity (Wildman–Crippen MR) is 140 cm³/mol. The number of ether oxygens (including phenoxy) is 1. The molecule has 0 bridgehead atoms. The van der Waals surface area contributed by atoms with Crippen LogP contribution in [0.2, 0.25) is 0 Å². The molecule has 0 radical (unpaired) electrons. The lowest BCUT2D eigenvalue weighted by molar-refractivity contribution is 0.101. The van der Waals surface area contributed by atoms with E-state index in [0.717, 1.165) is 16.9 Å². The quantitative estimate of drug-likeness (QED) is 0.283. The molecule has 0 fully saturated rings. The largest absolute Gasteiger partial charge is 0.494 e. The maximum atomic E-state index is 13.1. The molecule has 36 heavy (non-hydrogen) atoms. The van der Waals surface area contributed by atoms with E-state index in [0.29, 0.717) is 22.9 Å². The molecule has 1 aromatic heterocycles. The molecule has 1 heterocycles. The minimum atomic E-state index is -3.97. The molecule has 0 spiro atoms. The molecular weight excluding hydrogens is 498 g/mol. The minimum absolute atomic E-state index is 0.0275. The lowest BCUT2D eigenvalue weighted by Crippen LogP contribution is -2.18. The Morgan fingerprint density at radius 1 is 0.944 bits per heavy atom. The maximum absolute atomic E-state index is 13.1. The Kier molecular flexibility index (Phi) is 7.47. The van der Waals surface area contributed by atoms with Gasteiger partial charge in [0, 0.05) is 12.5 Å². The summed E-state index contributed by atoms with van der Waals surface area (Å²) < 4.78 is 33.7. The normalized spacial score (nSPS) is 11.1. The van der Waals surface area contributed by atoms with Gasteiger partial charge in [-0.3, -0.25) is 19.6 Å². The molecule has 8 nitrogen and oxygen atoms in total. The second-order valence-corrected chi connectivity index (χ2v) is 10.3. The number of nitrogens with one attached hydrogen (secondary N) is 2. The van der Waals surface area contributed by atoms with Crippen LogP contribution in [0, 0.1) is 0 Å². The molecule has 0 aliphatic heterocycles. The maximum Gasteiger partial charge on any atom is 0.261 e. The summed E-state index contributed by atoms with van der Waals surface area (Å²) >= 11 is 1.06. The third-order valence-corrected chi connectivity index (χ3v) is 7.53. The number of hydrogen-bond acceptors (Lipinski definition) is 7. The number of benzene rings is 3. The third kappa shape index (κ3) is 5.61. The van der Waals surface area contributed by atoms with Crippen molar-refractivity contribution >= 4 is 43.9 Å². The van der Waals surface area contributed by atoms with Crippen LogP contribution in [0.1, 0.15) is 33.9 Å². The van der Waals surface area contributed by atoms with Crippen molar-refractivity contribution in [3.63, 3.8) is 0 Å². The smallest absolute Gasteiger partial charge is 0.261 e. The van der Waals surface area contributed by atoms with E-state index >= 15 is 0 Å². The van der Waals surface area contributed by atoms with Gasteiger partial charge in [-0.1, -0.05) is 53.8 Å². The Morgan fingerprint density at radius 3 is 2.28 bits per heavy atom. The van der Waals surface area contributed by atoms with E-state index in [9.17, 15) is 18.0 Å². The second-order valence-electron chi connectivity index (χ2n) is 7.63. The number of Topliss-reactive ketones (excluding diaryl/α,β-unsaturated/α-hetero) is 1. The second kappa shape index (κ2) is 10.7. The van der Waals surface area contributed by atoms with E-state index in [2.05, 4.69) is 15.0 Å². The van der Waals surface area contributed by atoms with Crippen LogP contribution in [0.4, 0.5) is 10.8 Å². The lowest BCUT2D eigenvalue weighted by atomic mass is 10.1. The van der Waals surface area contributed by atoms with Gasteiger partial charge >= 0.3 is 0 Å². The SMILES string of the molecule is CCOc1ccc(S(=O)(=O)Nc2ccccc2C(=O)Nc2nc(-c3ccccc3)c(C(C)=O)s2)cc1. The molecule has 0 saturated heterocycles. The van der Waals surface area contributed by atoms with Crippen molar-refractivity contribution < 1.29 is 22.7 Å². The number of thiazole rings is 1. The Bertz CT molecular complexity index is 1500. The first kappa shape index (κ1) is 25.1. The number of aromatic nitrogens is 1. The van der Waals surface area contributed by atoms with Crippen LogP contribution >= 0.6 is 11.3 Å². The number of amides is 1. The standard InChI is InChI=1S/C26H23N3O5S2/c1-3-34-19-13-15-20(16-14-19)36(32,33)29-22-12-8-7-11-21(22)25(31)28-26-27-23(24(35-26)17(2)30)18-9-5-4-6-10-18/h4-16,29H,3H2,1-2H3,(H,27,28,31). The van der Waals surface area contributed by atoms with E-state index in [1.807, 2.05) is 37.3 Å². The first-order chi connectivity index (χ1) is 17.3. The summed E-state index contributed by atoms with van der Waals surface area (Å²) in [6.07, 6.45) is 0. The highest BCUT2D eigenvalue weighted by Crippen LogP contribution is 2.32. The molecule has 0 aliphatic carbocycles. The molecule has 4 aromatic rings. The number of carbonyl (C=O) groups is 2. The van der Waals surface area contributed by atoms with Crippen LogP contribution < -0.4 is 14.8 Å². The van der Waals surface area contributed by atoms with Gasteiger partial charge in [0.1, 0.15) is 5.75 Å². The van der Waals surface area contributed by atoms with Gasteiger partial charge in [-0.2, -0.15) is 0 Å². The van der Waals surface area contributed by atoms with Gasteiger partial charge in [0.15, 0.2) is 10.9 Å². The number of para-hydroxylation sites is 1. The summed E-state index contributed by atoms with van der Waals surface area (Å²) in [6.45, 7) is 3.74. The van der Waals surface area contributed by atoms with Crippen LogP contribution in [0.3, 0.4) is 0 Å². The van der Waals surface area contributed by atoms with Crippen LogP contribution in [0.15, 0.2) is 83.8 Å². The van der Waals surface area contributed by atoms with E-state index in [4.69, 9.17) is 4.74 Å². The minimum Gasteiger partial charge on any atom is -0.494 e.